The van der Waals surface area contributed by atoms with E-state index in [4.69, 9.17) is 20.1 Å². The summed E-state index contributed by atoms with van der Waals surface area (Å²) in [5.74, 6) is 1.22. The van der Waals surface area contributed by atoms with E-state index in [-0.39, 0.29) is 0 Å². The molecule has 6 heteroatoms. The Balaban J connectivity index is 1.12. The van der Waals surface area contributed by atoms with Crippen LogP contribution in [-0.4, -0.2) is 24.6 Å². The van der Waals surface area contributed by atoms with Gasteiger partial charge in [-0.1, -0.05) is 133 Å². The van der Waals surface area contributed by atoms with E-state index >= 15 is 0 Å². The van der Waals surface area contributed by atoms with Gasteiger partial charge in [0.2, 0.25) is 0 Å². The molecule has 224 valence electrons. The molecule has 0 N–H and O–H groups in total. The van der Waals surface area contributed by atoms with Crippen LogP contribution in [0.1, 0.15) is 0 Å². The van der Waals surface area contributed by atoms with Crippen molar-refractivity contribution in [3.8, 4) is 44.3 Å². The summed E-state index contributed by atoms with van der Waals surface area (Å²) in [5, 5.41) is 12.0. The highest BCUT2D eigenvalue weighted by Gasteiger charge is 2.18. The molecular formula is C42H25N5S. The topological polar surface area (TPSA) is 56.0 Å². The van der Waals surface area contributed by atoms with Crippen molar-refractivity contribution in [3.05, 3.63) is 152 Å². The van der Waals surface area contributed by atoms with Crippen LogP contribution in [0.2, 0.25) is 0 Å². The van der Waals surface area contributed by atoms with Crippen LogP contribution in [0.25, 0.3) is 92.8 Å². The second-order valence-corrected chi connectivity index (χ2v) is 12.9. The van der Waals surface area contributed by atoms with E-state index in [1.807, 2.05) is 47.0 Å². The zero-order chi connectivity index (χ0) is 31.6. The summed E-state index contributed by atoms with van der Waals surface area (Å²) in [6.45, 7) is 0. The summed E-state index contributed by atoms with van der Waals surface area (Å²) in [5.41, 5.74) is 8.25. The Labute approximate surface area is 279 Å². The molecule has 0 bridgehead atoms. The maximum absolute atomic E-state index is 5.03. The fourth-order valence-electron chi connectivity index (χ4n) is 6.82. The van der Waals surface area contributed by atoms with Crippen molar-refractivity contribution in [2.45, 2.75) is 0 Å². The minimum atomic E-state index is 0.575. The Morgan fingerprint density at radius 2 is 1.21 bits per heavy atom. The number of thiazole rings is 1. The van der Waals surface area contributed by atoms with Crippen molar-refractivity contribution >= 4 is 59.8 Å². The maximum atomic E-state index is 5.03. The number of hydrogen-bond donors (Lipinski definition) is 0. The van der Waals surface area contributed by atoms with Gasteiger partial charge in [0.1, 0.15) is 5.01 Å². The minimum absolute atomic E-state index is 0.575. The molecule has 5 nitrogen and oxygen atoms in total. The molecule has 48 heavy (non-hydrogen) atoms. The van der Waals surface area contributed by atoms with Gasteiger partial charge in [0.05, 0.1) is 21.4 Å². The smallest absolute Gasteiger partial charge is 0.236 e. The van der Waals surface area contributed by atoms with E-state index in [2.05, 4.69) is 109 Å². The summed E-state index contributed by atoms with van der Waals surface area (Å²) < 4.78 is 3.08. The van der Waals surface area contributed by atoms with Gasteiger partial charge in [-0.2, -0.15) is 9.50 Å². The van der Waals surface area contributed by atoms with Crippen molar-refractivity contribution in [1.82, 2.24) is 24.6 Å². The third kappa shape index (κ3) is 4.24. The van der Waals surface area contributed by atoms with Crippen LogP contribution in [0.4, 0.5) is 0 Å². The Hall–Kier alpha value is -6.24. The van der Waals surface area contributed by atoms with E-state index in [1.54, 1.807) is 11.3 Å². The highest BCUT2D eigenvalue weighted by atomic mass is 32.1. The van der Waals surface area contributed by atoms with Crippen molar-refractivity contribution in [2.24, 2.45) is 0 Å². The lowest BCUT2D eigenvalue weighted by Crippen LogP contribution is -1.97. The lowest BCUT2D eigenvalue weighted by Gasteiger charge is -2.10. The van der Waals surface area contributed by atoms with Gasteiger partial charge in [0, 0.05) is 27.5 Å². The number of fused-ring (bicyclic) bond motifs is 8. The van der Waals surface area contributed by atoms with E-state index in [0.29, 0.717) is 11.6 Å². The van der Waals surface area contributed by atoms with Gasteiger partial charge in [-0.25, -0.2) is 9.97 Å². The fraction of sp³-hybridized carbons (Fsp3) is 0. The van der Waals surface area contributed by atoms with Crippen molar-refractivity contribution in [1.29, 1.82) is 0 Å². The summed E-state index contributed by atoms with van der Waals surface area (Å²) in [6.07, 6.45) is 0. The third-order valence-electron chi connectivity index (χ3n) is 9.09. The van der Waals surface area contributed by atoms with Gasteiger partial charge in [0.15, 0.2) is 5.82 Å². The molecule has 0 saturated heterocycles. The molecule has 0 saturated carbocycles. The predicted octanol–water partition coefficient (Wildman–Crippen LogP) is 10.9. The predicted molar refractivity (Wildman–Crippen MR) is 198 cm³/mol. The van der Waals surface area contributed by atoms with E-state index < -0.39 is 0 Å². The summed E-state index contributed by atoms with van der Waals surface area (Å²) in [7, 11) is 0. The van der Waals surface area contributed by atoms with Gasteiger partial charge in [-0.3, -0.25) is 0 Å². The lowest BCUT2D eigenvalue weighted by molar-refractivity contribution is 0.989. The molecule has 0 aliphatic carbocycles. The molecule has 10 aromatic rings. The van der Waals surface area contributed by atoms with Crippen molar-refractivity contribution < 1.29 is 0 Å². The second kappa shape index (κ2) is 10.7. The molecule has 3 heterocycles. The first kappa shape index (κ1) is 26.9. The van der Waals surface area contributed by atoms with Gasteiger partial charge >= 0.3 is 0 Å². The van der Waals surface area contributed by atoms with Crippen molar-refractivity contribution in [2.75, 3.05) is 0 Å². The number of hydrogen-bond acceptors (Lipinski definition) is 5. The molecule has 7 aromatic carbocycles. The number of benzene rings is 7. The lowest BCUT2D eigenvalue weighted by atomic mass is 9.94. The highest BCUT2D eigenvalue weighted by Crippen LogP contribution is 2.40. The van der Waals surface area contributed by atoms with Crippen LogP contribution < -0.4 is 0 Å². The Morgan fingerprint density at radius 1 is 0.500 bits per heavy atom. The summed E-state index contributed by atoms with van der Waals surface area (Å²) >= 11 is 1.76. The number of aromatic nitrogens is 5. The molecule has 0 spiro atoms. The number of rotatable bonds is 4. The molecule has 0 unspecified atom stereocenters. The largest absolute Gasteiger partial charge is 0.253 e. The normalized spacial score (nSPS) is 11.8. The maximum Gasteiger partial charge on any atom is 0.253 e. The van der Waals surface area contributed by atoms with E-state index in [9.17, 15) is 0 Å². The van der Waals surface area contributed by atoms with Gasteiger partial charge < -0.3 is 0 Å². The zero-order valence-corrected chi connectivity index (χ0v) is 26.4. The van der Waals surface area contributed by atoms with Gasteiger partial charge in [-0.15, -0.1) is 16.4 Å². The average Bonchev–Trinajstić information content (AvgIpc) is 3.80. The van der Waals surface area contributed by atoms with E-state index in [1.165, 1.54) is 26.2 Å². The SMILES string of the molecule is c1ccc(-c2nc3ccc4ccc5cc(-c6ccccc6-c6nc7nc(-c8ccccc8)c8ccccc8n7n6)ccc5c4c3s2)cc1. The quantitative estimate of drug-likeness (QED) is 0.181. The average molecular weight is 632 g/mol. The molecule has 0 aliphatic heterocycles. The van der Waals surface area contributed by atoms with Crippen LogP contribution in [0.3, 0.4) is 0 Å². The Bertz CT molecular complexity index is 2840. The monoisotopic (exact) mass is 631 g/mol. The number of nitrogens with zero attached hydrogens (tertiary/aromatic N) is 5. The van der Waals surface area contributed by atoms with Crippen LogP contribution in [-0.2, 0) is 0 Å². The fourth-order valence-corrected chi connectivity index (χ4v) is 7.96. The standard InChI is InChI=1S/C42H25N5S/c1-3-11-27(12-4-1)38-34-17-9-10-18-36(34)47-42(44-38)45-40(46-47)33-16-8-7-15-31(33)29-21-23-32-30(25-29)20-19-26-22-24-35-39(37(26)32)48-41(43-35)28-13-5-2-6-14-28/h1-25H. The molecule has 10 rings (SSSR count). The van der Waals surface area contributed by atoms with Crippen molar-refractivity contribution in [3.63, 3.8) is 0 Å². The van der Waals surface area contributed by atoms with Crippen LogP contribution in [0.5, 0.6) is 0 Å². The summed E-state index contributed by atoms with van der Waals surface area (Å²) in [4.78, 5) is 15.0. The van der Waals surface area contributed by atoms with Crippen LogP contribution >= 0.6 is 11.3 Å². The van der Waals surface area contributed by atoms with Gasteiger partial charge in [0.25, 0.3) is 5.78 Å². The molecule has 0 radical (unpaired) electrons. The zero-order valence-electron chi connectivity index (χ0n) is 25.6. The molecular weight excluding hydrogens is 607 g/mol. The second-order valence-electron chi connectivity index (χ2n) is 11.9. The molecule has 0 fully saturated rings. The van der Waals surface area contributed by atoms with Gasteiger partial charge in [-0.05, 0) is 45.5 Å². The van der Waals surface area contributed by atoms with E-state index in [0.717, 1.165) is 54.9 Å². The molecule has 3 aromatic heterocycles. The Kier molecular flexibility index (Phi) is 5.98. The number of para-hydroxylation sites is 1. The highest BCUT2D eigenvalue weighted by molar-refractivity contribution is 7.22. The third-order valence-corrected chi connectivity index (χ3v) is 10.2. The first-order chi connectivity index (χ1) is 23.8. The van der Waals surface area contributed by atoms with Crippen LogP contribution in [0, 0.1) is 0 Å². The summed E-state index contributed by atoms with van der Waals surface area (Å²) in [6, 6.07) is 52.8. The Morgan fingerprint density at radius 3 is 2.06 bits per heavy atom. The first-order valence-corrected chi connectivity index (χ1v) is 16.7. The first-order valence-electron chi connectivity index (χ1n) is 15.9. The molecule has 0 amide bonds. The minimum Gasteiger partial charge on any atom is -0.236 e. The molecule has 0 atom stereocenters. The molecule has 0 aliphatic rings. The van der Waals surface area contributed by atoms with Crippen LogP contribution in [0.15, 0.2) is 152 Å².